The molecule has 35 heavy (non-hydrogen) atoms. The number of amides is 2. The van der Waals surface area contributed by atoms with Crippen molar-refractivity contribution in [2.45, 2.75) is 83.0 Å². The van der Waals surface area contributed by atoms with Crippen LogP contribution in [-0.4, -0.2) is 70.7 Å². The van der Waals surface area contributed by atoms with Gasteiger partial charge in [0.05, 0.1) is 18.6 Å². The molecule has 1 heterocycles. The number of nitrogens with one attached hydrogen (secondary N) is 1. The zero-order chi connectivity index (χ0) is 25.4. The SMILES string of the molecule is CCCCCCN(C(=O)CCCC(C)=O)[C@@H]1C=C(C(=O)NCCO)[C@@H]2c3ccccc3O[C@@H]2[C@H]1O. The monoisotopic (exact) mass is 486 g/mol. The van der Waals surface area contributed by atoms with E-state index in [1.807, 2.05) is 24.3 Å². The van der Waals surface area contributed by atoms with Crippen molar-refractivity contribution in [2.75, 3.05) is 19.7 Å². The molecular weight excluding hydrogens is 448 g/mol. The predicted molar refractivity (Wildman–Crippen MR) is 132 cm³/mol. The first-order valence-electron chi connectivity index (χ1n) is 12.7. The van der Waals surface area contributed by atoms with Gasteiger partial charge in [0, 0.05) is 37.1 Å². The molecule has 2 aliphatic rings. The molecule has 1 aliphatic carbocycles. The van der Waals surface area contributed by atoms with Crippen LogP contribution in [0.15, 0.2) is 35.9 Å². The predicted octanol–water partition coefficient (Wildman–Crippen LogP) is 2.48. The summed E-state index contributed by atoms with van der Waals surface area (Å²) in [6.45, 7) is 3.99. The van der Waals surface area contributed by atoms with Crippen molar-refractivity contribution >= 4 is 17.6 Å². The van der Waals surface area contributed by atoms with Gasteiger partial charge in [0.2, 0.25) is 11.8 Å². The normalized spacial score (nSPS) is 22.5. The lowest BCUT2D eigenvalue weighted by atomic mass is 9.77. The number of ether oxygens (including phenoxy) is 1. The first-order valence-corrected chi connectivity index (χ1v) is 12.7. The topological polar surface area (TPSA) is 116 Å². The Morgan fingerprint density at radius 3 is 2.57 bits per heavy atom. The van der Waals surface area contributed by atoms with E-state index in [9.17, 15) is 24.6 Å². The number of para-hydroxylation sites is 1. The molecule has 8 heteroatoms. The van der Waals surface area contributed by atoms with Gasteiger partial charge in [-0.25, -0.2) is 0 Å². The van der Waals surface area contributed by atoms with Gasteiger partial charge in [0.25, 0.3) is 0 Å². The van der Waals surface area contributed by atoms with E-state index in [0.717, 1.165) is 31.2 Å². The van der Waals surface area contributed by atoms with Crippen molar-refractivity contribution in [3.8, 4) is 5.75 Å². The summed E-state index contributed by atoms with van der Waals surface area (Å²) < 4.78 is 6.12. The fourth-order valence-corrected chi connectivity index (χ4v) is 4.97. The second-order valence-corrected chi connectivity index (χ2v) is 9.38. The van der Waals surface area contributed by atoms with Crippen molar-refractivity contribution < 1.29 is 29.3 Å². The van der Waals surface area contributed by atoms with E-state index in [2.05, 4.69) is 12.2 Å². The van der Waals surface area contributed by atoms with Crippen LogP contribution < -0.4 is 10.1 Å². The van der Waals surface area contributed by atoms with E-state index in [1.54, 1.807) is 11.0 Å². The number of aliphatic hydroxyl groups is 2. The minimum Gasteiger partial charge on any atom is -0.486 e. The quantitative estimate of drug-likeness (QED) is 0.369. The minimum absolute atomic E-state index is 0.0349. The number of ketones is 1. The number of hydrogen-bond acceptors (Lipinski definition) is 6. The Morgan fingerprint density at radius 2 is 1.86 bits per heavy atom. The summed E-state index contributed by atoms with van der Waals surface area (Å²) >= 11 is 0. The molecule has 3 rings (SSSR count). The van der Waals surface area contributed by atoms with Crippen molar-refractivity contribution in [2.24, 2.45) is 0 Å². The summed E-state index contributed by atoms with van der Waals surface area (Å²) in [7, 11) is 0. The zero-order valence-corrected chi connectivity index (χ0v) is 20.7. The Hall–Kier alpha value is -2.71. The van der Waals surface area contributed by atoms with Crippen LogP contribution in [-0.2, 0) is 14.4 Å². The highest BCUT2D eigenvalue weighted by atomic mass is 16.5. The lowest BCUT2D eigenvalue weighted by Crippen LogP contribution is -2.56. The molecule has 192 valence electrons. The molecule has 0 radical (unpaired) electrons. The molecule has 0 bridgehead atoms. The van der Waals surface area contributed by atoms with E-state index in [1.165, 1.54) is 6.92 Å². The average molecular weight is 487 g/mol. The van der Waals surface area contributed by atoms with Crippen molar-refractivity contribution in [3.05, 3.63) is 41.5 Å². The molecule has 1 aromatic rings. The summed E-state index contributed by atoms with van der Waals surface area (Å²) in [5.41, 5.74) is 1.25. The van der Waals surface area contributed by atoms with Crippen LogP contribution in [0.1, 0.15) is 70.3 Å². The number of nitrogens with zero attached hydrogens (tertiary/aromatic N) is 1. The van der Waals surface area contributed by atoms with Crippen molar-refractivity contribution in [1.29, 1.82) is 0 Å². The number of fused-ring (bicyclic) bond motifs is 3. The highest BCUT2D eigenvalue weighted by molar-refractivity contribution is 5.96. The molecule has 1 aliphatic heterocycles. The number of carbonyl (C=O) groups excluding carboxylic acids is 3. The molecule has 0 saturated carbocycles. The van der Waals surface area contributed by atoms with Crippen molar-refractivity contribution in [1.82, 2.24) is 10.2 Å². The standard InChI is InChI=1S/C27H38N2O6/c1-3-4-5-8-15-29(23(32)13-9-10-18(2)31)21-17-20(27(34)28-14-16-30)24-19-11-6-7-12-22(19)35-26(24)25(21)33/h6-7,11-12,17,21,24-26,30,33H,3-5,8-10,13-16H2,1-2H3,(H,28,34)/t21-,24+,25+,26+/m1/s1. The summed E-state index contributed by atoms with van der Waals surface area (Å²) in [5, 5.41) is 23.4. The third-order valence-electron chi connectivity index (χ3n) is 6.73. The van der Waals surface area contributed by atoms with Crippen molar-refractivity contribution in [3.63, 3.8) is 0 Å². The highest BCUT2D eigenvalue weighted by Gasteiger charge is 2.50. The van der Waals surface area contributed by atoms with Gasteiger partial charge >= 0.3 is 0 Å². The van der Waals surface area contributed by atoms with Gasteiger partial charge in [-0.3, -0.25) is 9.59 Å². The molecule has 1 aromatic carbocycles. The molecule has 2 amide bonds. The molecule has 0 aromatic heterocycles. The van der Waals surface area contributed by atoms with Crippen LogP contribution >= 0.6 is 0 Å². The number of hydrogen-bond donors (Lipinski definition) is 3. The Kier molecular flexibility index (Phi) is 9.86. The first kappa shape index (κ1) is 26.9. The molecule has 0 unspecified atom stereocenters. The van der Waals surface area contributed by atoms with Gasteiger partial charge in [-0.1, -0.05) is 44.4 Å². The molecule has 0 saturated heterocycles. The zero-order valence-electron chi connectivity index (χ0n) is 20.7. The average Bonchev–Trinajstić information content (AvgIpc) is 3.23. The van der Waals surface area contributed by atoms with Gasteiger partial charge in [-0.05, 0) is 31.9 Å². The summed E-state index contributed by atoms with van der Waals surface area (Å²) in [6, 6.07) is 6.68. The molecular formula is C27H38N2O6. The fourth-order valence-electron chi connectivity index (χ4n) is 4.97. The Morgan fingerprint density at radius 1 is 1.09 bits per heavy atom. The van der Waals surface area contributed by atoms with E-state index < -0.39 is 24.2 Å². The van der Waals surface area contributed by atoms with Gasteiger partial charge < -0.3 is 30.0 Å². The maximum absolute atomic E-state index is 13.3. The molecule has 0 fully saturated rings. The van der Waals surface area contributed by atoms with Crippen LogP contribution in [0.2, 0.25) is 0 Å². The Labute approximate surface area is 207 Å². The number of aliphatic hydroxyl groups excluding tert-OH is 2. The molecule has 3 N–H and O–H groups in total. The number of Topliss-reactive ketones (excluding diaryl/α,β-unsaturated/α-hetero) is 1. The van der Waals surface area contributed by atoms with Gasteiger partial charge in [0.15, 0.2) is 0 Å². The number of carbonyl (C=O) groups is 3. The van der Waals surface area contributed by atoms with Crippen LogP contribution in [0, 0.1) is 0 Å². The second kappa shape index (κ2) is 12.8. The maximum Gasteiger partial charge on any atom is 0.247 e. The first-order chi connectivity index (χ1) is 16.9. The summed E-state index contributed by atoms with van der Waals surface area (Å²) in [5.74, 6) is -0.308. The van der Waals surface area contributed by atoms with Crippen LogP contribution in [0.25, 0.3) is 0 Å². The largest absolute Gasteiger partial charge is 0.486 e. The van der Waals surface area contributed by atoms with E-state index >= 15 is 0 Å². The highest BCUT2D eigenvalue weighted by Crippen LogP contribution is 2.47. The smallest absolute Gasteiger partial charge is 0.247 e. The Balaban J connectivity index is 1.93. The summed E-state index contributed by atoms with van der Waals surface area (Å²) in [6.07, 6.45) is 4.79. The van der Waals surface area contributed by atoms with Gasteiger partial charge in [0.1, 0.15) is 23.7 Å². The molecule has 4 atom stereocenters. The number of unbranched alkanes of at least 4 members (excludes halogenated alkanes) is 3. The second-order valence-electron chi connectivity index (χ2n) is 9.38. The third-order valence-corrected chi connectivity index (χ3v) is 6.73. The minimum atomic E-state index is -1.02. The lowest BCUT2D eigenvalue weighted by molar-refractivity contribution is -0.137. The third kappa shape index (κ3) is 6.49. The van der Waals surface area contributed by atoms with E-state index in [0.29, 0.717) is 30.7 Å². The molecule has 0 spiro atoms. The maximum atomic E-state index is 13.3. The van der Waals surface area contributed by atoms with Crippen LogP contribution in [0.5, 0.6) is 5.75 Å². The lowest BCUT2D eigenvalue weighted by Gasteiger charge is -2.41. The van der Waals surface area contributed by atoms with Gasteiger partial charge in [-0.15, -0.1) is 0 Å². The van der Waals surface area contributed by atoms with E-state index in [4.69, 9.17) is 4.74 Å². The Bertz CT molecular complexity index is 930. The fraction of sp³-hybridized carbons (Fsp3) is 0.593. The number of rotatable bonds is 13. The number of benzene rings is 1. The van der Waals surface area contributed by atoms with E-state index in [-0.39, 0.29) is 37.2 Å². The van der Waals surface area contributed by atoms with Crippen LogP contribution in [0.3, 0.4) is 0 Å². The summed E-state index contributed by atoms with van der Waals surface area (Å²) in [4.78, 5) is 39.5. The van der Waals surface area contributed by atoms with Gasteiger partial charge in [-0.2, -0.15) is 0 Å². The van der Waals surface area contributed by atoms with Crippen LogP contribution in [0.4, 0.5) is 0 Å². The molecule has 8 nitrogen and oxygen atoms in total.